The van der Waals surface area contributed by atoms with Crippen molar-refractivity contribution in [3.8, 4) is 0 Å². The minimum absolute atomic E-state index is 0.0292. The first-order valence-electron chi connectivity index (χ1n) is 7.78. The third-order valence-corrected chi connectivity index (χ3v) is 4.57. The van der Waals surface area contributed by atoms with Crippen molar-refractivity contribution < 1.29 is 24.1 Å². The number of methoxy groups -OCH3 is 1. The van der Waals surface area contributed by atoms with E-state index in [4.69, 9.17) is 24.7 Å². The van der Waals surface area contributed by atoms with Gasteiger partial charge in [-0.3, -0.25) is 14.3 Å². The highest BCUT2D eigenvalue weighted by molar-refractivity contribution is 5.70. The minimum Gasteiger partial charge on any atom is -0.394 e. The lowest BCUT2D eigenvalue weighted by Crippen LogP contribution is -2.42. The van der Waals surface area contributed by atoms with E-state index in [0.717, 1.165) is 0 Å². The SMILES string of the molecule is COCC1O[C@@H]2[C@@H](CO)O[C@@H](n3cnc4c(=O)[nH]c(N)nc43)[C@]2(C)O1. The number of nitrogens with zero attached hydrogens (tertiary/aromatic N) is 3. The summed E-state index contributed by atoms with van der Waals surface area (Å²) >= 11 is 0. The maximum absolute atomic E-state index is 12.0. The molecule has 0 amide bonds. The molecule has 4 rings (SSSR count). The Morgan fingerprint density at radius 3 is 3.04 bits per heavy atom. The summed E-state index contributed by atoms with van der Waals surface area (Å²) in [5, 5.41) is 9.65. The maximum Gasteiger partial charge on any atom is 0.280 e. The number of anilines is 1. The zero-order valence-corrected chi connectivity index (χ0v) is 13.7. The van der Waals surface area contributed by atoms with Crippen molar-refractivity contribution in [1.82, 2.24) is 19.5 Å². The fourth-order valence-corrected chi connectivity index (χ4v) is 3.51. The molecule has 1 unspecified atom stereocenters. The van der Waals surface area contributed by atoms with Crippen LogP contribution in [-0.4, -0.2) is 69.0 Å². The number of rotatable bonds is 4. The van der Waals surface area contributed by atoms with Gasteiger partial charge in [0.25, 0.3) is 5.56 Å². The summed E-state index contributed by atoms with van der Waals surface area (Å²) in [5.41, 5.74) is 4.68. The van der Waals surface area contributed by atoms with Gasteiger partial charge in [0.15, 0.2) is 23.7 Å². The summed E-state index contributed by atoms with van der Waals surface area (Å²) < 4.78 is 24.4. The van der Waals surface area contributed by atoms with Gasteiger partial charge < -0.3 is 29.8 Å². The van der Waals surface area contributed by atoms with Crippen molar-refractivity contribution in [2.24, 2.45) is 0 Å². The topological polar surface area (TPSA) is 147 Å². The number of hydrogen-bond donors (Lipinski definition) is 3. The number of nitrogens with one attached hydrogen (secondary N) is 1. The van der Waals surface area contributed by atoms with E-state index >= 15 is 0 Å². The van der Waals surface area contributed by atoms with Gasteiger partial charge in [0.1, 0.15) is 17.8 Å². The Hall–Kier alpha value is -2.05. The van der Waals surface area contributed by atoms with E-state index in [1.807, 2.05) is 6.92 Å². The molecule has 0 bridgehead atoms. The van der Waals surface area contributed by atoms with Crippen LogP contribution < -0.4 is 11.3 Å². The molecule has 2 aliphatic rings. The van der Waals surface area contributed by atoms with Crippen LogP contribution in [0.2, 0.25) is 0 Å². The van der Waals surface area contributed by atoms with Gasteiger partial charge in [-0.1, -0.05) is 0 Å². The van der Waals surface area contributed by atoms with Gasteiger partial charge in [0, 0.05) is 7.11 Å². The summed E-state index contributed by atoms with van der Waals surface area (Å²) in [4.78, 5) is 22.6. The Balaban J connectivity index is 1.79. The highest BCUT2D eigenvalue weighted by Gasteiger charge is 2.62. The normalized spacial score (nSPS) is 34.7. The van der Waals surface area contributed by atoms with Crippen LogP contribution >= 0.6 is 0 Å². The Morgan fingerprint density at radius 1 is 1.52 bits per heavy atom. The summed E-state index contributed by atoms with van der Waals surface area (Å²) in [6, 6.07) is 0. The highest BCUT2D eigenvalue weighted by atomic mass is 16.8. The monoisotopic (exact) mass is 353 g/mol. The largest absolute Gasteiger partial charge is 0.394 e. The second-order valence-electron chi connectivity index (χ2n) is 6.23. The second kappa shape index (κ2) is 5.75. The van der Waals surface area contributed by atoms with Gasteiger partial charge >= 0.3 is 0 Å². The van der Waals surface area contributed by atoms with Crippen LogP contribution in [0.25, 0.3) is 11.2 Å². The van der Waals surface area contributed by atoms with Gasteiger partial charge in [0.2, 0.25) is 5.95 Å². The van der Waals surface area contributed by atoms with Crippen LogP contribution in [0, 0.1) is 0 Å². The van der Waals surface area contributed by atoms with Crippen molar-refractivity contribution in [2.75, 3.05) is 26.1 Å². The van der Waals surface area contributed by atoms with E-state index in [-0.39, 0.29) is 30.3 Å². The van der Waals surface area contributed by atoms with Gasteiger partial charge in [-0.15, -0.1) is 0 Å². The van der Waals surface area contributed by atoms with Crippen LogP contribution in [0.3, 0.4) is 0 Å². The molecule has 136 valence electrons. The van der Waals surface area contributed by atoms with E-state index in [1.54, 1.807) is 11.7 Å². The Bertz CT molecular complexity index is 852. The Labute approximate surface area is 141 Å². The molecule has 11 heteroatoms. The molecule has 4 N–H and O–H groups in total. The number of hydrogen-bond acceptors (Lipinski definition) is 9. The van der Waals surface area contributed by atoms with E-state index in [9.17, 15) is 9.90 Å². The predicted molar refractivity (Wildman–Crippen MR) is 83.6 cm³/mol. The first-order valence-corrected chi connectivity index (χ1v) is 7.78. The first-order chi connectivity index (χ1) is 12.0. The molecule has 2 aromatic rings. The van der Waals surface area contributed by atoms with Crippen molar-refractivity contribution in [3.63, 3.8) is 0 Å². The number of H-pyrrole nitrogens is 1. The van der Waals surface area contributed by atoms with Gasteiger partial charge in [0.05, 0.1) is 19.5 Å². The number of aromatic amines is 1. The molecule has 0 aromatic carbocycles. The molecule has 11 nitrogen and oxygen atoms in total. The van der Waals surface area contributed by atoms with E-state index in [2.05, 4.69) is 15.0 Å². The molecule has 0 spiro atoms. The molecule has 2 fully saturated rings. The fraction of sp³-hybridized carbons (Fsp3) is 0.643. The zero-order chi connectivity index (χ0) is 17.8. The number of fused-ring (bicyclic) bond motifs is 2. The van der Waals surface area contributed by atoms with Gasteiger partial charge in [-0.25, -0.2) is 4.98 Å². The lowest BCUT2D eigenvalue weighted by atomic mass is 9.96. The summed E-state index contributed by atoms with van der Waals surface area (Å²) in [6.45, 7) is 1.81. The summed E-state index contributed by atoms with van der Waals surface area (Å²) in [5.74, 6) is -0.0292. The van der Waals surface area contributed by atoms with Crippen LogP contribution in [0.4, 0.5) is 5.95 Å². The molecule has 4 heterocycles. The highest BCUT2D eigenvalue weighted by Crippen LogP contribution is 2.48. The Kier molecular flexibility index (Phi) is 3.77. The standard InChI is InChI=1S/C14H19N5O6/c1-14-9(24-7(25-14)4-22-2)6(3-20)23-12(14)19-5-16-8-10(19)17-13(15)18-11(8)21/h5-7,9,12,20H,3-4H2,1-2H3,(H3,15,17,18,21)/t6-,7?,9-,12-,14-/m1/s1. The molecule has 0 aliphatic carbocycles. The summed E-state index contributed by atoms with van der Waals surface area (Å²) in [7, 11) is 1.54. The maximum atomic E-state index is 12.0. The number of aliphatic hydroxyl groups is 1. The van der Waals surface area contributed by atoms with Crippen molar-refractivity contribution in [1.29, 1.82) is 0 Å². The van der Waals surface area contributed by atoms with Crippen molar-refractivity contribution in [2.45, 2.75) is 37.3 Å². The van der Waals surface area contributed by atoms with Crippen molar-refractivity contribution in [3.05, 3.63) is 16.7 Å². The van der Waals surface area contributed by atoms with Crippen LogP contribution in [0.15, 0.2) is 11.1 Å². The molecule has 2 saturated heterocycles. The minimum atomic E-state index is -0.927. The Morgan fingerprint density at radius 2 is 2.32 bits per heavy atom. The predicted octanol–water partition coefficient (Wildman–Crippen LogP) is -1.26. The average molecular weight is 353 g/mol. The molecule has 2 aliphatic heterocycles. The van der Waals surface area contributed by atoms with Crippen LogP contribution in [-0.2, 0) is 18.9 Å². The molecule has 5 atom stereocenters. The fourth-order valence-electron chi connectivity index (χ4n) is 3.51. The number of aliphatic hydroxyl groups excluding tert-OH is 1. The molecule has 0 saturated carbocycles. The van der Waals surface area contributed by atoms with Crippen LogP contribution in [0.5, 0.6) is 0 Å². The number of imidazole rings is 1. The third-order valence-electron chi connectivity index (χ3n) is 4.57. The first kappa shape index (κ1) is 16.4. The molecule has 2 aromatic heterocycles. The number of nitrogen functional groups attached to an aromatic ring is 1. The summed E-state index contributed by atoms with van der Waals surface area (Å²) in [6.07, 6.45) is -0.980. The second-order valence-corrected chi connectivity index (χ2v) is 6.23. The molecular weight excluding hydrogens is 334 g/mol. The van der Waals surface area contributed by atoms with Crippen LogP contribution in [0.1, 0.15) is 13.2 Å². The third kappa shape index (κ3) is 2.35. The molecule has 25 heavy (non-hydrogen) atoms. The number of nitrogens with two attached hydrogens (primary N) is 1. The number of aromatic nitrogens is 4. The van der Waals surface area contributed by atoms with Gasteiger partial charge in [-0.2, -0.15) is 4.98 Å². The van der Waals surface area contributed by atoms with E-state index in [1.165, 1.54) is 6.33 Å². The van der Waals surface area contributed by atoms with Crippen molar-refractivity contribution >= 4 is 17.1 Å². The molecule has 0 radical (unpaired) electrons. The zero-order valence-electron chi connectivity index (χ0n) is 13.7. The van der Waals surface area contributed by atoms with Gasteiger partial charge in [-0.05, 0) is 6.92 Å². The number of ether oxygens (including phenoxy) is 4. The smallest absolute Gasteiger partial charge is 0.280 e. The average Bonchev–Trinajstić information content (AvgIpc) is 3.17. The van der Waals surface area contributed by atoms with E-state index in [0.29, 0.717) is 0 Å². The van der Waals surface area contributed by atoms with E-state index < -0.39 is 35.9 Å². The quantitative estimate of drug-likeness (QED) is 0.612. The lowest BCUT2D eigenvalue weighted by Gasteiger charge is -2.28. The lowest BCUT2D eigenvalue weighted by molar-refractivity contribution is -0.185. The molecular formula is C14H19N5O6.